The minimum Gasteiger partial charge on any atom is -0.477 e. The number of ether oxygens (including phenoxy) is 1. The zero-order valence-electron chi connectivity index (χ0n) is 17.5. The Balaban J connectivity index is 1.78. The van der Waals surface area contributed by atoms with Gasteiger partial charge in [0.1, 0.15) is 18.1 Å². The average molecular weight is 493 g/mol. The Morgan fingerprint density at radius 2 is 1.88 bits per heavy atom. The maximum atomic E-state index is 14.2. The van der Waals surface area contributed by atoms with Gasteiger partial charge < -0.3 is 9.84 Å². The lowest BCUT2D eigenvalue weighted by Gasteiger charge is -2.16. The Morgan fingerprint density at radius 1 is 1.12 bits per heavy atom. The predicted molar refractivity (Wildman–Crippen MR) is 117 cm³/mol. The highest BCUT2D eigenvalue weighted by molar-refractivity contribution is 6.30. The van der Waals surface area contributed by atoms with Crippen molar-refractivity contribution in [2.24, 2.45) is 0 Å². The van der Waals surface area contributed by atoms with Crippen molar-refractivity contribution in [1.29, 1.82) is 0 Å². The molecule has 0 aliphatic heterocycles. The van der Waals surface area contributed by atoms with Gasteiger partial charge >= 0.3 is 12.1 Å². The van der Waals surface area contributed by atoms with Gasteiger partial charge in [0.25, 0.3) is 0 Å². The molecule has 0 saturated heterocycles. The Hall–Kier alpha value is -3.46. The van der Waals surface area contributed by atoms with Gasteiger partial charge in [0.15, 0.2) is 0 Å². The fourth-order valence-electron chi connectivity index (χ4n) is 3.77. The summed E-state index contributed by atoms with van der Waals surface area (Å²) in [4.78, 5) is 19.4. The number of alkyl halides is 3. The first-order valence-electron chi connectivity index (χ1n) is 10.2. The molecule has 3 aromatic rings. The fraction of sp³-hybridized carbons (Fsp3) is 0.208. The average Bonchev–Trinajstić information content (AvgIpc) is 3.27. The summed E-state index contributed by atoms with van der Waals surface area (Å²) < 4.78 is 60.2. The number of benzene rings is 1. The number of pyridine rings is 2. The lowest BCUT2D eigenvalue weighted by Crippen LogP contribution is -2.09. The first-order valence-corrected chi connectivity index (χ1v) is 10.6. The largest absolute Gasteiger partial charge is 0.477 e. The molecule has 0 saturated carbocycles. The normalized spacial score (nSPS) is 13.9. The molecule has 34 heavy (non-hydrogen) atoms. The minimum absolute atomic E-state index is 0.0915. The van der Waals surface area contributed by atoms with Crippen LogP contribution in [0.25, 0.3) is 11.1 Å². The number of carboxylic acids is 1. The van der Waals surface area contributed by atoms with Gasteiger partial charge in [-0.25, -0.2) is 19.2 Å². The third-order valence-electron chi connectivity index (χ3n) is 5.38. The number of aromatic carboxylic acids is 1. The Morgan fingerprint density at radius 3 is 2.59 bits per heavy atom. The Kier molecular flexibility index (Phi) is 6.56. The van der Waals surface area contributed by atoms with E-state index in [0.29, 0.717) is 42.3 Å². The second kappa shape index (κ2) is 9.42. The summed E-state index contributed by atoms with van der Waals surface area (Å²) in [6.45, 7) is -0.274. The molecule has 0 bridgehead atoms. The molecule has 1 aromatic carbocycles. The maximum Gasteiger partial charge on any atom is 0.417 e. The van der Waals surface area contributed by atoms with Gasteiger partial charge in [-0.2, -0.15) is 13.2 Å². The van der Waals surface area contributed by atoms with Crippen molar-refractivity contribution in [3.05, 3.63) is 87.6 Å². The number of hydrogen-bond acceptors (Lipinski definition) is 4. The summed E-state index contributed by atoms with van der Waals surface area (Å²) >= 11 is 5.76. The summed E-state index contributed by atoms with van der Waals surface area (Å²) in [6, 6.07) is 9.42. The van der Waals surface area contributed by atoms with Gasteiger partial charge in [0.05, 0.1) is 11.3 Å². The molecule has 10 heteroatoms. The van der Waals surface area contributed by atoms with Crippen molar-refractivity contribution in [2.45, 2.75) is 32.0 Å². The molecule has 1 N–H and O–H groups in total. The number of rotatable bonds is 6. The van der Waals surface area contributed by atoms with Crippen molar-refractivity contribution in [3.63, 3.8) is 0 Å². The SMILES string of the molecule is O=C(O)c1cccc(C2=C(c3cc(C(F)(F)F)cnc3OCc3ccc(Cl)cc3F)CCC2)n1. The van der Waals surface area contributed by atoms with Crippen LogP contribution in [0.15, 0.2) is 48.7 Å². The molecule has 0 unspecified atom stereocenters. The third kappa shape index (κ3) is 5.04. The van der Waals surface area contributed by atoms with E-state index in [9.17, 15) is 27.5 Å². The van der Waals surface area contributed by atoms with Gasteiger partial charge in [-0.05, 0) is 60.7 Å². The minimum atomic E-state index is -4.64. The predicted octanol–water partition coefficient (Wildman–Crippen LogP) is 6.66. The molecular weight excluding hydrogens is 476 g/mol. The van der Waals surface area contributed by atoms with E-state index in [-0.39, 0.29) is 34.3 Å². The van der Waals surface area contributed by atoms with Crippen molar-refractivity contribution in [2.75, 3.05) is 0 Å². The molecule has 0 amide bonds. The summed E-state index contributed by atoms with van der Waals surface area (Å²) in [6.07, 6.45) is -2.43. The molecule has 0 radical (unpaired) electrons. The summed E-state index contributed by atoms with van der Waals surface area (Å²) in [5.41, 5.74) is 0.644. The zero-order chi connectivity index (χ0) is 24.5. The number of aromatic nitrogens is 2. The molecule has 0 fully saturated rings. The highest BCUT2D eigenvalue weighted by atomic mass is 35.5. The van der Waals surface area contributed by atoms with Crippen LogP contribution in [-0.4, -0.2) is 21.0 Å². The van der Waals surface area contributed by atoms with Crippen molar-refractivity contribution in [1.82, 2.24) is 9.97 Å². The number of carboxylic acid groups (broad SMARTS) is 1. The molecule has 5 nitrogen and oxygen atoms in total. The van der Waals surface area contributed by atoms with Crippen molar-refractivity contribution < 1.29 is 32.2 Å². The molecule has 0 spiro atoms. The van der Waals surface area contributed by atoms with Crippen LogP contribution in [-0.2, 0) is 12.8 Å². The van der Waals surface area contributed by atoms with E-state index < -0.39 is 23.5 Å². The molecular formula is C24H17ClF4N2O3. The second-order valence-corrected chi connectivity index (χ2v) is 8.06. The Labute approximate surface area is 196 Å². The molecule has 1 aliphatic rings. The van der Waals surface area contributed by atoms with E-state index in [4.69, 9.17) is 16.3 Å². The van der Waals surface area contributed by atoms with E-state index in [1.807, 2.05) is 0 Å². The van der Waals surface area contributed by atoms with Gasteiger partial charge in [0, 0.05) is 22.3 Å². The van der Waals surface area contributed by atoms with Gasteiger partial charge in [-0.3, -0.25) is 0 Å². The van der Waals surface area contributed by atoms with Gasteiger partial charge in [-0.15, -0.1) is 0 Å². The molecule has 4 rings (SSSR count). The third-order valence-corrected chi connectivity index (χ3v) is 5.61. The Bertz CT molecular complexity index is 1290. The van der Waals surface area contributed by atoms with Crippen LogP contribution in [0.3, 0.4) is 0 Å². The van der Waals surface area contributed by atoms with Crippen LogP contribution in [0, 0.1) is 5.82 Å². The van der Waals surface area contributed by atoms with Crippen LogP contribution in [0.1, 0.15) is 52.1 Å². The van der Waals surface area contributed by atoms with Crippen LogP contribution >= 0.6 is 11.6 Å². The van der Waals surface area contributed by atoms with E-state index >= 15 is 0 Å². The maximum absolute atomic E-state index is 14.2. The van der Waals surface area contributed by atoms with Crippen molar-refractivity contribution in [3.8, 4) is 5.88 Å². The van der Waals surface area contributed by atoms with Crippen LogP contribution < -0.4 is 4.74 Å². The molecule has 176 valence electrons. The number of allylic oxidation sites excluding steroid dienone is 2. The summed E-state index contributed by atoms with van der Waals surface area (Å²) in [5, 5.41) is 9.45. The van der Waals surface area contributed by atoms with Gasteiger partial charge in [-0.1, -0.05) is 23.7 Å². The smallest absolute Gasteiger partial charge is 0.417 e. The monoisotopic (exact) mass is 492 g/mol. The number of halogens is 5. The lowest BCUT2D eigenvalue weighted by molar-refractivity contribution is -0.137. The first kappa shape index (κ1) is 23.7. The van der Waals surface area contributed by atoms with Crippen LogP contribution in [0.5, 0.6) is 5.88 Å². The molecule has 0 atom stereocenters. The van der Waals surface area contributed by atoms with E-state index in [2.05, 4.69) is 9.97 Å². The van der Waals surface area contributed by atoms with E-state index in [0.717, 1.165) is 12.1 Å². The zero-order valence-corrected chi connectivity index (χ0v) is 18.3. The summed E-state index contributed by atoms with van der Waals surface area (Å²) in [5.74, 6) is -1.92. The molecule has 1 aliphatic carbocycles. The molecule has 2 heterocycles. The second-order valence-electron chi connectivity index (χ2n) is 7.62. The van der Waals surface area contributed by atoms with Gasteiger partial charge in [0.2, 0.25) is 5.88 Å². The highest BCUT2D eigenvalue weighted by Crippen LogP contribution is 2.43. The van der Waals surface area contributed by atoms with Crippen LogP contribution in [0.4, 0.5) is 17.6 Å². The summed E-state index contributed by atoms with van der Waals surface area (Å²) in [7, 11) is 0. The number of carbonyl (C=O) groups is 1. The van der Waals surface area contributed by atoms with E-state index in [1.54, 1.807) is 6.07 Å². The van der Waals surface area contributed by atoms with E-state index in [1.165, 1.54) is 24.3 Å². The standard InChI is InChI=1S/C24H17ClF4N2O3/c25-15-8-7-13(19(26)10-15)12-34-22-18(9-14(11-30-22)24(27,28)29)16-3-1-4-17(16)20-5-2-6-21(31-20)23(32)33/h2,5-11H,1,3-4,12H2,(H,32,33). The van der Waals surface area contributed by atoms with Crippen LogP contribution in [0.2, 0.25) is 5.02 Å². The first-order chi connectivity index (χ1) is 16.1. The topological polar surface area (TPSA) is 72.3 Å². The fourth-order valence-corrected chi connectivity index (χ4v) is 3.93. The number of hydrogen-bond donors (Lipinski definition) is 1. The molecule has 2 aromatic heterocycles. The number of nitrogens with zero attached hydrogens (tertiary/aromatic N) is 2. The quantitative estimate of drug-likeness (QED) is 0.389. The lowest BCUT2D eigenvalue weighted by atomic mass is 9.99. The van der Waals surface area contributed by atoms with Crippen molar-refractivity contribution >= 4 is 28.7 Å². The highest BCUT2D eigenvalue weighted by Gasteiger charge is 2.33.